The molecule has 1 fully saturated rings. The summed E-state index contributed by atoms with van der Waals surface area (Å²) in [6, 6.07) is 7.19. The molecule has 0 spiro atoms. The lowest BCUT2D eigenvalue weighted by molar-refractivity contribution is 0.0398. The van der Waals surface area contributed by atoms with Crippen molar-refractivity contribution >= 4 is 28.9 Å². The summed E-state index contributed by atoms with van der Waals surface area (Å²) in [5, 5.41) is 6.88. The van der Waals surface area contributed by atoms with Crippen molar-refractivity contribution in [3.05, 3.63) is 52.8 Å². The highest BCUT2D eigenvalue weighted by Gasteiger charge is 2.11. The van der Waals surface area contributed by atoms with Crippen LogP contribution in [0.15, 0.2) is 36.7 Å². The Morgan fingerprint density at radius 1 is 1.27 bits per heavy atom. The molecular weight excluding hydrogens is 352 g/mol. The largest absolute Gasteiger partial charge is 0.382 e. The Bertz CT molecular complexity index is 763. The minimum Gasteiger partial charge on any atom is -0.382 e. The summed E-state index contributed by atoms with van der Waals surface area (Å²) in [4.78, 5) is 19.0. The van der Waals surface area contributed by atoms with Gasteiger partial charge in [0.05, 0.1) is 24.5 Å². The number of carbonyl (C=O) groups is 1. The monoisotopic (exact) mass is 374 g/mol. The van der Waals surface area contributed by atoms with Gasteiger partial charge < -0.3 is 15.4 Å². The van der Waals surface area contributed by atoms with Crippen LogP contribution < -0.4 is 10.6 Å². The third kappa shape index (κ3) is 5.17. The van der Waals surface area contributed by atoms with Gasteiger partial charge in [0.25, 0.3) is 5.91 Å². The number of hydrogen-bond donors (Lipinski definition) is 2. The molecular formula is C19H23ClN4O2. The fourth-order valence-corrected chi connectivity index (χ4v) is 3.03. The van der Waals surface area contributed by atoms with E-state index in [4.69, 9.17) is 16.3 Å². The van der Waals surface area contributed by atoms with Crippen LogP contribution in [-0.4, -0.2) is 55.2 Å². The quantitative estimate of drug-likeness (QED) is 0.813. The zero-order valence-electron chi connectivity index (χ0n) is 14.8. The summed E-state index contributed by atoms with van der Waals surface area (Å²) in [5.74, 6) is -0.195. The number of anilines is 2. The van der Waals surface area contributed by atoms with Crippen LogP contribution in [0.5, 0.6) is 0 Å². The summed E-state index contributed by atoms with van der Waals surface area (Å²) in [7, 11) is 0. The molecule has 7 heteroatoms. The number of pyridine rings is 1. The molecule has 0 saturated carbocycles. The molecule has 2 heterocycles. The first-order valence-electron chi connectivity index (χ1n) is 8.68. The number of aromatic nitrogens is 1. The van der Waals surface area contributed by atoms with Crippen LogP contribution in [-0.2, 0) is 4.74 Å². The number of hydrogen-bond acceptors (Lipinski definition) is 5. The van der Waals surface area contributed by atoms with Crippen molar-refractivity contribution in [2.75, 3.05) is 50.0 Å². The number of ether oxygens (including phenoxy) is 1. The second-order valence-electron chi connectivity index (χ2n) is 6.26. The molecule has 0 radical (unpaired) electrons. The van der Waals surface area contributed by atoms with Crippen molar-refractivity contribution in [2.24, 2.45) is 0 Å². The highest BCUT2D eigenvalue weighted by molar-refractivity contribution is 6.30. The lowest BCUT2D eigenvalue weighted by Gasteiger charge is -2.26. The van der Waals surface area contributed by atoms with Crippen molar-refractivity contribution in [3.63, 3.8) is 0 Å². The van der Waals surface area contributed by atoms with Gasteiger partial charge in [0.15, 0.2) is 0 Å². The van der Waals surface area contributed by atoms with E-state index >= 15 is 0 Å². The van der Waals surface area contributed by atoms with Gasteiger partial charge in [-0.3, -0.25) is 14.7 Å². The topological polar surface area (TPSA) is 66.5 Å². The Kier molecular flexibility index (Phi) is 6.44. The number of nitrogens with one attached hydrogen (secondary N) is 2. The molecule has 0 aliphatic carbocycles. The number of carbonyl (C=O) groups excluding carboxylic acids is 1. The summed E-state index contributed by atoms with van der Waals surface area (Å²) < 4.78 is 5.35. The van der Waals surface area contributed by atoms with Gasteiger partial charge in [-0.05, 0) is 36.8 Å². The average Bonchev–Trinajstić information content (AvgIpc) is 2.65. The summed E-state index contributed by atoms with van der Waals surface area (Å²) >= 11 is 5.95. The Labute approximate surface area is 158 Å². The number of amides is 1. The van der Waals surface area contributed by atoms with Gasteiger partial charge in [-0.2, -0.15) is 0 Å². The molecule has 1 aliphatic rings. The molecule has 1 amide bonds. The first kappa shape index (κ1) is 18.6. The highest BCUT2D eigenvalue weighted by Crippen LogP contribution is 2.20. The summed E-state index contributed by atoms with van der Waals surface area (Å²) in [6.45, 7) is 7.14. The fraction of sp³-hybridized carbons (Fsp3) is 0.368. The SMILES string of the molecule is Cc1cc(Cl)ccc1NC(=O)c1cncc(NCCN2CCOCC2)c1. The minimum absolute atomic E-state index is 0.195. The van der Waals surface area contributed by atoms with Gasteiger partial charge in [0, 0.05) is 49.3 Å². The molecule has 3 rings (SSSR count). The molecule has 1 aliphatic heterocycles. The first-order chi connectivity index (χ1) is 12.6. The van der Waals surface area contributed by atoms with Crippen LogP contribution >= 0.6 is 11.6 Å². The van der Waals surface area contributed by atoms with Gasteiger partial charge in [-0.15, -0.1) is 0 Å². The molecule has 0 unspecified atom stereocenters. The zero-order chi connectivity index (χ0) is 18.4. The van der Waals surface area contributed by atoms with Crippen LogP contribution in [0.2, 0.25) is 5.02 Å². The maximum Gasteiger partial charge on any atom is 0.257 e. The van der Waals surface area contributed by atoms with Gasteiger partial charge in [-0.1, -0.05) is 11.6 Å². The Morgan fingerprint density at radius 3 is 2.85 bits per heavy atom. The van der Waals surface area contributed by atoms with E-state index in [1.54, 1.807) is 24.5 Å². The number of benzene rings is 1. The first-order valence-corrected chi connectivity index (χ1v) is 9.06. The number of morpholine rings is 1. The predicted octanol–water partition coefficient (Wildman–Crippen LogP) is 3.04. The van der Waals surface area contributed by atoms with E-state index < -0.39 is 0 Å². The van der Waals surface area contributed by atoms with Crippen LogP contribution in [0.3, 0.4) is 0 Å². The second kappa shape index (κ2) is 8.98. The van der Waals surface area contributed by atoms with Crippen LogP contribution in [0, 0.1) is 6.92 Å². The molecule has 6 nitrogen and oxygen atoms in total. The molecule has 1 aromatic heterocycles. The predicted molar refractivity (Wildman–Crippen MR) is 104 cm³/mol. The minimum atomic E-state index is -0.195. The number of halogens is 1. The van der Waals surface area contributed by atoms with Crippen molar-refractivity contribution in [2.45, 2.75) is 6.92 Å². The maximum absolute atomic E-state index is 12.5. The molecule has 1 saturated heterocycles. The Hall–Kier alpha value is -2.15. The van der Waals surface area contributed by atoms with Crippen molar-refractivity contribution < 1.29 is 9.53 Å². The number of rotatable bonds is 6. The fourth-order valence-electron chi connectivity index (χ4n) is 2.81. The lowest BCUT2D eigenvalue weighted by Crippen LogP contribution is -2.39. The van der Waals surface area contributed by atoms with Crippen molar-refractivity contribution in [1.82, 2.24) is 9.88 Å². The smallest absolute Gasteiger partial charge is 0.257 e. The summed E-state index contributed by atoms with van der Waals surface area (Å²) in [6.07, 6.45) is 3.29. The molecule has 2 N–H and O–H groups in total. The van der Waals surface area contributed by atoms with E-state index in [2.05, 4.69) is 20.5 Å². The van der Waals surface area contributed by atoms with E-state index in [0.29, 0.717) is 10.6 Å². The summed E-state index contributed by atoms with van der Waals surface area (Å²) in [5.41, 5.74) is 3.00. The van der Waals surface area contributed by atoms with Crippen molar-refractivity contribution in [1.29, 1.82) is 0 Å². The number of nitrogens with zero attached hydrogens (tertiary/aromatic N) is 2. The molecule has 0 bridgehead atoms. The van der Waals surface area contributed by atoms with E-state index in [1.165, 1.54) is 0 Å². The zero-order valence-corrected chi connectivity index (χ0v) is 15.6. The van der Waals surface area contributed by atoms with Gasteiger partial charge in [-0.25, -0.2) is 0 Å². The molecule has 1 aromatic carbocycles. The van der Waals surface area contributed by atoms with E-state index in [0.717, 1.165) is 56.3 Å². The molecule has 138 valence electrons. The Morgan fingerprint density at radius 2 is 2.08 bits per heavy atom. The van der Waals surface area contributed by atoms with Gasteiger partial charge in [0.1, 0.15) is 0 Å². The standard InChI is InChI=1S/C19H23ClN4O2/c1-14-10-16(20)2-3-18(14)23-19(25)15-11-17(13-21-12-15)22-4-5-24-6-8-26-9-7-24/h2-3,10-13,22H,4-9H2,1H3,(H,23,25). The van der Waals surface area contributed by atoms with E-state index in [9.17, 15) is 4.79 Å². The number of aryl methyl sites for hydroxylation is 1. The van der Waals surface area contributed by atoms with Crippen LogP contribution in [0.4, 0.5) is 11.4 Å². The lowest BCUT2D eigenvalue weighted by atomic mass is 10.2. The van der Waals surface area contributed by atoms with Crippen LogP contribution in [0.1, 0.15) is 15.9 Å². The van der Waals surface area contributed by atoms with E-state index in [1.807, 2.05) is 19.1 Å². The van der Waals surface area contributed by atoms with E-state index in [-0.39, 0.29) is 5.91 Å². The highest BCUT2D eigenvalue weighted by atomic mass is 35.5. The average molecular weight is 375 g/mol. The van der Waals surface area contributed by atoms with Gasteiger partial charge in [0.2, 0.25) is 0 Å². The third-order valence-corrected chi connectivity index (χ3v) is 4.53. The molecule has 0 atom stereocenters. The van der Waals surface area contributed by atoms with Gasteiger partial charge >= 0.3 is 0 Å². The third-order valence-electron chi connectivity index (χ3n) is 4.30. The van der Waals surface area contributed by atoms with Crippen LogP contribution in [0.25, 0.3) is 0 Å². The maximum atomic E-state index is 12.5. The molecule has 26 heavy (non-hydrogen) atoms. The molecule has 2 aromatic rings. The Balaban J connectivity index is 1.56. The second-order valence-corrected chi connectivity index (χ2v) is 6.69. The normalized spacial score (nSPS) is 14.8. The van der Waals surface area contributed by atoms with Crippen molar-refractivity contribution in [3.8, 4) is 0 Å².